The Morgan fingerprint density at radius 2 is 1.62 bits per heavy atom. The van der Waals surface area contributed by atoms with Crippen LogP contribution >= 0.6 is 0 Å². The van der Waals surface area contributed by atoms with E-state index in [1.807, 2.05) is 45.0 Å². The molecular weight excluding hydrogens is 470 g/mol. The quantitative estimate of drug-likeness (QED) is 0.237. The Hall–Kier alpha value is -4.26. The second-order valence-corrected chi connectivity index (χ2v) is 8.97. The van der Waals surface area contributed by atoms with Gasteiger partial charge < -0.3 is 24.2 Å². The van der Waals surface area contributed by atoms with Gasteiger partial charge in [0.15, 0.2) is 0 Å². The number of ether oxygens (including phenoxy) is 3. The number of Topliss-reactive ketones (excluding diaryl/α,β-unsaturated/α-hetero) is 1. The smallest absolute Gasteiger partial charge is 0.295 e. The van der Waals surface area contributed by atoms with E-state index in [4.69, 9.17) is 14.2 Å². The molecule has 0 saturated carbocycles. The molecular formula is C30H31NO6. The summed E-state index contributed by atoms with van der Waals surface area (Å²) < 4.78 is 16.6. The third-order valence-corrected chi connectivity index (χ3v) is 6.04. The van der Waals surface area contributed by atoms with E-state index in [2.05, 4.69) is 0 Å². The highest BCUT2D eigenvalue weighted by molar-refractivity contribution is 6.46. The summed E-state index contributed by atoms with van der Waals surface area (Å²) >= 11 is 0. The maximum absolute atomic E-state index is 13.3. The van der Waals surface area contributed by atoms with Gasteiger partial charge in [0, 0.05) is 12.1 Å². The van der Waals surface area contributed by atoms with Crippen molar-refractivity contribution in [2.75, 3.05) is 13.7 Å². The average Bonchev–Trinajstić information content (AvgIpc) is 3.14. The van der Waals surface area contributed by atoms with Crippen LogP contribution < -0.4 is 14.2 Å². The van der Waals surface area contributed by atoms with Crippen molar-refractivity contribution < 1.29 is 28.9 Å². The Labute approximate surface area is 216 Å². The number of methoxy groups -OCH3 is 1. The molecule has 7 heteroatoms. The molecule has 1 aliphatic heterocycles. The van der Waals surface area contributed by atoms with Crippen LogP contribution in [0.15, 0.2) is 78.4 Å². The van der Waals surface area contributed by atoms with Crippen LogP contribution in [-0.4, -0.2) is 41.5 Å². The Morgan fingerprint density at radius 3 is 2.24 bits per heavy atom. The minimum absolute atomic E-state index is 0.00386. The highest BCUT2D eigenvalue weighted by Gasteiger charge is 2.46. The number of amides is 1. The van der Waals surface area contributed by atoms with Crippen LogP contribution in [0.25, 0.3) is 5.76 Å². The number of ketones is 1. The maximum atomic E-state index is 13.3. The van der Waals surface area contributed by atoms with Crippen molar-refractivity contribution in [3.8, 4) is 17.2 Å². The summed E-state index contributed by atoms with van der Waals surface area (Å²) in [5.41, 5.74) is 1.94. The lowest BCUT2D eigenvalue weighted by molar-refractivity contribution is -0.140. The van der Waals surface area contributed by atoms with Gasteiger partial charge in [-0.1, -0.05) is 36.4 Å². The molecule has 1 saturated heterocycles. The molecule has 192 valence electrons. The predicted molar refractivity (Wildman–Crippen MR) is 141 cm³/mol. The molecule has 1 heterocycles. The molecule has 3 aromatic rings. The number of rotatable bonds is 9. The molecule has 1 N–H and O–H groups in total. The van der Waals surface area contributed by atoms with Gasteiger partial charge in [-0.25, -0.2) is 0 Å². The third kappa shape index (κ3) is 5.61. The van der Waals surface area contributed by atoms with Crippen LogP contribution in [0.4, 0.5) is 0 Å². The summed E-state index contributed by atoms with van der Waals surface area (Å²) in [6.45, 7) is 6.38. The number of aliphatic hydroxyl groups excluding tert-OH is 1. The topological polar surface area (TPSA) is 85.3 Å². The first-order chi connectivity index (χ1) is 17.8. The normalized spacial score (nSPS) is 16.8. The molecule has 37 heavy (non-hydrogen) atoms. The van der Waals surface area contributed by atoms with Gasteiger partial charge in [0.1, 0.15) is 23.0 Å². The molecule has 0 aromatic heterocycles. The molecule has 3 aromatic carbocycles. The Morgan fingerprint density at radius 1 is 0.946 bits per heavy atom. The number of hydrogen-bond donors (Lipinski definition) is 1. The Bertz CT molecular complexity index is 1290. The number of carbonyl (C=O) groups excluding carboxylic acids is 2. The molecule has 7 nitrogen and oxygen atoms in total. The molecule has 0 radical (unpaired) electrons. The average molecular weight is 502 g/mol. The summed E-state index contributed by atoms with van der Waals surface area (Å²) in [5, 5.41) is 11.3. The first kappa shape index (κ1) is 25.8. The summed E-state index contributed by atoms with van der Waals surface area (Å²) in [7, 11) is 1.58. The van der Waals surface area contributed by atoms with Gasteiger partial charge in [-0.3, -0.25) is 9.59 Å². The fraction of sp³-hybridized carbons (Fsp3) is 0.267. The summed E-state index contributed by atoms with van der Waals surface area (Å²) in [6.07, 6.45) is 0.00386. The van der Waals surface area contributed by atoms with Crippen LogP contribution in [0, 0.1) is 0 Å². The lowest BCUT2D eigenvalue weighted by Crippen LogP contribution is -2.29. The van der Waals surface area contributed by atoms with Gasteiger partial charge in [-0.05, 0) is 68.3 Å². The van der Waals surface area contributed by atoms with Crippen LogP contribution in [0.2, 0.25) is 0 Å². The number of carbonyl (C=O) groups is 2. The second-order valence-electron chi connectivity index (χ2n) is 8.97. The van der Waals surface area contributed by atoms with Crippen LogP contribution in [0.1, 0.15) is 43.5 Å². The van der Waals surface area contributed by atoms with E-state index in [-0.39, 0.29) is 24.0 Å². The summed E-state index contributed by atoms with van der Waals surface area (Å²) in [4.78, 5) is 28.1. The highest BCUT2D eigenvalue weighted by Crippen LogP contribution is 2.41. The van der Waals surface area contributed by atoms with Crippen LogP contribution in [0.3, 0.4) is 0 Å². The van der Waals surface area contributed by atoms with Crippen molar-refractivity contribution in [2.45, 2.75) is 39.5 Å². The monoisotopic (exact) mass is 501 g/mol. The van der Waals surface area contributed by atoms with Crippen molar-refractivity contribution in [1.29, 1.82) is 0 Å². The van der Waals surface area contributed by atoms with E-state index >= 15 is 0 Å². The fourth-order valence-corrected chi connectivity index (χ4v) is 4.37. The third-order valence-electron chi connectivity index (χ3n) is 6.04. The van der Waals surface area contributed by atoms with Gasteiger partial charge in [0.2, 0.25) is 0 Å². The van der Waals surface area contributed by atoms with Gasteiger partial charge in [0.25, 0.3) is 11.7 Å². The maximum Gasteiger partial charge on any atom is 0.295 e. The zero-order chi connectivity index (χ0) is 26.5. The van der Waals surface area contributed by atoms with Crippen LogP contribution in [0.5, 0.6) is 17.2 Å². The number of nitrogens with zero attached hydrogens (tertiary/aromatic N) is 1. The van der Waals surface area contributed by atoms with Gasteiger partial charge in [-0.2, -0.15) is 0 Å². The van der Waals surface area contributed by atoms with E-state index in [9.17, 15) is 14.7 Å². The molecule has 1 unspecified atom stereocenters. The summed E-state index contributed by atoms with van der Waals surface area (Å²) in [6, 6.07) is 20.6. The summed E-state index contributed by atoms with van der Waals surface area (Å²) in [5.74, 6) is 0.272. The zero-order valence-corrected chi connectivity index (χ0v) is 21.4. The number of likely N-dealkylation sites (tertiary alicyclic amines) is 1. The predicted octanol–water partition coefficient (Wildman–Crippen LogP) is 5.50. The van der Waals surface area contributed by atoms with E-state index in [1.165, 1.54) is 4.90 Å². The van der Waals surface area contributed by atoms with Crippen molar-refractivity contribution >= 4 is 17.4 Å². The molecule has 0 bridgehead atoms. The first-order valence-electron chi connectivity index (χ1n) is 12.2. The molecule has 0 spiro atoms. The second kappa shape index (κ2) is 11.2. The molecule has 0 aliphatic carbocycles. The molecule has 1 amide bonds. The number of hydrogen-bond acceptors (Lipinski definition) is 6. The molecule has 1 aliphatic rings. The van der Waals surface area contributed by atoms with Crippen molar-refractivity contribution in [3.05, 3.63) is 95.1 Å². The standard InChI is InChI=1S/C30H31NO6/c1-5-36-25-8-6-7-22(17-25)28(32)26-27(21-11-15-24(16-12-21)37-19(2)3)31(30(34)29(26)33)18-20-9-13-23(35-4)14-10-20/h6-17,19,27,32H,5,18H2,1-4H3/b28-26-. The number of benzene rings is 3. The first-order valence-corrected chi connectivity index (χ1v) is 12.2. The lowest BCUT2D eigenvalue weighted by atomic mass is 9.95. The van der Waals surface area contributed by atoms with E-state index < -0.39 is 17.7 Å². The van der Waals surface area contributed by atoms with Crippen molar-refractivity contribution in [1.82, 2.24) is 4.90 Å². The van der Waals surface area contributed by atoms with Gasteiger partial charge >= 0.3 is 0 Å². The minimum Gasteiger partial charge on any atom is -0.507 e. The van der Waals surface area contributed by atoms with Crippen molar-refractivity contribution in [2.24, 2.45) is 0 Å². The molecule has 4 rings (SSSR count). The van der Waals surface area contributed by atoms with Crippen LogP contribution in [-0.2, 0) is 16.1 Å². The Kier molecular flexibility index (Phi) is 7.82. The molecule has 1 fully saturated rings. The highest BCUT2D eigenvalue weighted by atomic mass is 16.5. The fourth-order valence-electron chi connectivity index (χ4n) is 4.37. The van der Waals surface area contributed by atoms with Gasteiger partial charge in [-0.15, -0.1) is 0 Å². The minimum atomic E-state index is -0.786. The lowest BCUT2D eigenvalue weighted by Gasteiger charge is -2.26. The SMILES string of the molecule is CCOc1cccc(/C(O)=C2/C(=O)C(=O)N(Cc3ccc(OC)cc3)C2c2ccc(OC(C)C)cc2)c1. The van der Waals surface area contributed by atoms with Gasteiger partial charge in [0.05, 0.1) is 31.4 Å². The largest absolute Gasteiger partial charge is 0.507 e. The zero-order valence-electron chi connectivity index (χ0n) is 21.4. The van der Waals surface area contributed by atoms with E-state index in [0.29, 0.717) is 35.0 Å². The Balaban J connectivity index is 1.80. The number of aliphatic hydroxyl groups is 1. The van der Waals surface area contributed by atoms with E-state index in [0.717, 1.165) is 5.56 Å². The van der Waals surface area contributed by atoms with E-state index in [1.54, 1.807) is 55.6 Å². The van der Waals surface area contributed by atoms with Crippen molar-refractivity contribution in [3.63, 3.8) is 0 Å². The molecule has 1 atom stereocenters.